The van der Waals surface area contributed by atoms with Gasteiger partial charge in [-0.05, 0) is 73.2 Å². The van der Waals surface area contributed by atoms with Crippen LogP contribution < -0.4 is 5.32 Å². The zero-order chi connectivity index (χ0) is 26.4. The third-order valence-electron chi connectivity index (χ3n) is 5.40. The lowest BCUT2D eigenvalue weighted by atomic mass is 10.2. The molecule has 0 radical (unpaired) electrons. The average molecular weight is 556 g/mol. The number of aliphatic imine (C=N–C) groups is 1. The van der Waals surface area contributed by atoms with E-state index in [0.717, 1.165) is 5.56 Å². The molecule has 2 amide bonds. The van der Waals surface area contributed by atoms with E-state index in [1.165, 1.54) is 11.8 Å². The maximum atomic E-state index is 13.2. The van der Waals surface area contributed by atoms with Gasteiger partial charge in [-0.25, -0.2) is 9.79 Å². The van der Waals surface area contributed by atoms with E-state index < -0.39 is 11.2 Å². The van der Waals surface area contributed by atoms with Crippen LogP contribution in [0.3, 0.4) is 0 Å². The van der Waals surface area contributed by atoms with Crippen molar-refractivity contribution in [2.75, 3.05) is 11.9 Å². The molecule has 1 aliphatic rings. The number of rotatable bonds is 7. The third-order valence-corrected chi connectivity index (χ3v) is 7.09. The number of anilines is 1. The van der Waals surface area contributed by atoms with Crippen LogP contribution >= 0.6 is 35.0 Å². The molecular weight excluding hydrogens is 533 g/mol. The molecule has 0 aliphatic carbocycles. The fourth-order valence-electron chi connectivity index (χ4n) is 3.52. The van der Waals surface area contributed by atoms with Crippen LogP contribution in [0.5, 0.6) is 0 Å². The lowest BCUT2D eigenvalue weighted by Gasteiger charge is -2.32. The molecule has 1 atom stereocenters. The first-order chi connectivity index (χ1) is 17.8. The van der Waals surface area contributed by atoms with Crippen LogP contribution in [0.2, 0.25) is 10.0 Å². The van der Waals surface area contributed by atoms with Gasteiger partial charge in [-0.2, -0.15) is 0 Å². The number of benzene rings is 3. The summed E-state index contributed by atoms with van der Waals surface area (Å²) in [5.74, 6) is -0.992. The molecule has 0 aromatic heterocycles. The van der Waals surface area contributed by atoms with Crippen molar-refractivity contribution in [3.8, 4) is 0 Å². The number of hydrogen-bond acceptors (Lipinski definition) is 6. The molecule has 1 heterocycles. The Morgan fingerprint density at radius 2 is 1.62 bits per heavy atom. The summed E-state index contributed by atoms with van der Waals surface area (Å²) in [6.45, 7) is 2.30. The third kappa shape index (κ3) is 7.13. The minimum absolute atomic E-state index is 0.00460. The second kappa shape index (κ2) is 12.3. The Morgan fingerprint density at radius 1 is 1.00 bits per heavy atom. The van der Waals surface area contributed by atoms with Crippen LogP contribution in [0, 0.1) is 0 Å². The Balaban J connectivity index is 1.53. The lowest BCUT2D eigenvalue weighted by molar-refractivity contribution is -0.129. The first kappa shape index (κ1) is 26.7. The van der Waals surface area contributed by atoms with Crippen LogP contribution in [0.15, 0.2) is 77.8 Å². The second-order valence-electron chi connectivity index (χ2n) is 8.07. The Kier molecular flexibility index (Phi) is 8.87. The van der Waals surface area contributed by atoms with Crippen molar-refractivity contribution >= 4 is 69.3 Å². The average Bonchev–Trinajstić information content (AvgIpc) is 2.89. The molecule has 3 aromatic rings. The summed E-state index contributed by atoms with van der Waals surface area (Å²) < 4.78 is 4.98. The predicted octanol–water partition coefficient (Wildman–Crippen LogP) is 6.33. The van der Waals surface area contributed by atoms with Gasteiger partial charge in [0.15, 0.2) is 5.17 Å². The van der Waals surface area contributed by atoms with Crippen molar-refractivity contribution in [2.24, 2.45) is 4.99 Å². The summed E-state index contributed by atoms with van der Waals surface area (Å²) in [6.07, 6.45) is 0.00460. The van der Waals surface area contributed by atoms with Crippen LogP contribution in [-0.4, -0.2) is 39.7 Å². The number of carbonyl (C=O) groups is 3. The van der Waals surface area contributed by atoms with E-state index >= 15 is 0 Å². The summed E-state index contributed by atoms with van der Waals surface area (Å²) in [6, 6.07) is 20.5. The summed E-state index contributed by atoms with van der Waals surface area (Å²) in [5, 5.41) is 3.71. The quantitative estimate of drug-likeness (QED) is 0.344. The topological polar surface area (TPSA) is 88.1 Å². The minimum atomic E-state index is -0.690. The van der Waals surface area contributed by atoms with Gasteiger partial charge < -0.3 is 10.1 Å². The monoisotopic (exact) mass is 555 g/mol. The van der Waals surface area contributed by atoms with Crippen LogP contribution in [0.4, 0.5) is 11.4 Å². The number of nitrogens with zero attached hydrogens (tertiary/aromatic N) is 2. The highest BCUT2D eigenvalue weighted by molar-refractivity contribution is 8.15. The predicted molar refractivity (Wildman–Crippen MR) is 148 cm³/mol. The van der Waals surface area contributed by atoms with Gasteiger partial charge in [0.25, 0.3) is 0 Å². The molecule has 1 N–H and O–H groups in total. The largest absolute Gasteiger partial charge is 0.462 e. The highest BCUT2D eigenvalue weighted by atomic mass is 35.5. The Hall–Kier alpha value is -3.33. The number of thioether (sulfide) groups is 1. The highest BCUT2D eigenvalue weighted by Gasteiger charge is 2.36. The summed E-state index contributed by atoms with van der Waals surface area (Å²) in [5.41, 5.74) is 2.38. The zero-order valence-electron chi connectivity index (χ0n) is 19.8. The Bertz CT molecular complexity index is 1310. The molecule has 3 aromatic carbocycles. The maximum absolute atomic E-state index is 13.2. The van der Waals surface area contributed by atoms with Crippen LogP contribution in [-0.2, 0) is 20.9 Å². The number of nitrogens with one attached hydrogen (secondary N) is 1. The van der Waals surface area contributed by atoms with Gasteiger partial charge >= 0.3 is 5.97 Å². The molecule has 190 valence electrons. The van der Waals surface area contributed by atoms with E-state index in [2.05, 4.69) is 10.3 Å². The van der Waals surface area contributed by atoms with E-state index in [4.69, 9.17) is 27.9 Å². The highest BCUT2D eigenvalue weighted by Crippen LogP contribution is 2.31. The number of esters is 1. The number of amides is 2. The normalized spacial score (nSPS) is 16.5. The lowest BCUT2D eigenvalue weighted by Crippen LogP contribution is -2.44. The number of halogens is 2. The second-order valence-corrected chi connectivity index (χ2v) is 10.1. The number of hydrogen-bond donors (Lipinski definition) is 1. The summed E-state index contributed by atoms with van der Waals surface area (Å²) in [4.78, 5) is 44.4. The molecule has 7 nitrogen and oxygen atoms in total. The maximum Gasteiger partial charge on any atom is 0.338 e. The van der Waals surface area contributed by atoms with Gasteiger partial charge in [-0.15, -0.1) is 0 Å². The Morgan fingerprint density at radius 3 is 2.24 bits per heavy atom. The number of carbonyl (C=O) groups excluding carboxylic acids is 3. The molecule has 1 fully saturated rings. The van der Waals surface area contributed by atoms with Crippen LogP contribution in [0.25, 0.3) is 0 Å². The number of amidine groups is 1. The fraction of sp³-hybridized carbons (Fsp3) is 0.185. The summed E-state index contributed by atoms with van der Waals surface area (Å²) in [7, 11) is 0. The van der Waals surface area contributed by atoms with Gasteiger partial charge in [0, 0.05) is 22.2 Å². The first-order valence-corrected chi connectivity index (χ1v) is 13.1. The van der Waals surface area contributed by atoms with Gasteiger partial charge in [0.1, 0.15) is 5.25 Å². The molecule has 0 unspecified atom stereocenters. The smallest absolute Gasteiger partial charge is 0.338 e. The van der Waals surface area contributed by atoms with Crippen molar-refractivity contribution in [3.63, 3.8) is 0 Å². The van der Waals surface area contributed by atoms with Gasteiger partial charge in [0.2, 0.25) is 11.8 Å². The molecule has 1 saturated heterocycles. The molecule has 4 rings (SSSR count). The molecule has 0 spiro atoms. The van der Waals surface area contributed by atoms with E-state index in [9.17, 15) is 14.4 Å². The zero-order valence-corrected chi connectivity index (χ0v) is 22.1. The van der Waals surface area contributed by atoms with E-state index in [0.29, 0.717) is 38.7 Å². The standard InChI is InChI=1S/C27H23Cl2N3O4S/c1-2-36-26(35)18-5-11-21(12-6-18)30-25(34)23-15-24(33)32(16-17-3-7-19(28)8-4-17)27(37-23)31-22-13-9-20(29)10-14-22/h3-14,23H,2,15-16H2,1H3,(H,30,34)/t23-/m1/s1. The molecule has 0 bridgehead atoms. The van der Waals surface area contributed by atoms with Gasteiger partial charge in [-0.3, -0.25) is 14.5 Å². The van der Waals surface area contributed by atoms with Gasteiger partial charge in [-0.1, -0.05) is 47.1 Å². The molecule has 37 heavy (non-hydrogen) atoms. The molecular formula is C27H23Cl2N3O4S. The van der Waals surface area contributed by atoms with E-state index in [1.54, 1.807) is 72.5 Å². The molecule has 10 heteroatoms. The Labute approximate surface area is 228 Å². The molecule has 1 aliphatic heterocycles. The van der Waals surface area contributed by atoms with Crippen molar-refractivity contribution < 1.29 is 19.1 Å². The van der Waals surface area contributed by atoms with E-state index in [-0.39, 0.29) is 24.8 Å². The van der Waals surface area contributed by atoms with Crippen LogP contribution in [0.1, 0.15) is 29.3 Å². The van der Waals surface area contributed by atoms with Crippen molar-refractivity contribution in [1.82, 2.24) is 4.90 Å². The van der Waals surface area contributed by atoms with E-state index in [1.807, 2.05) is 12.1 Å². The minimum Gasteiger partial charge on any atom is -0.462 e. The number of ether oxygens (including phenoxy) is 1. The fourth-order valence-corrected chi connectivity index (χ4v) is 4.87. The van der Waals surface area contributed by atoms with Crippen molar-refractivity contribution in [2.45, 2.75) is 25.1 Å². The SMILES string of the molecule is CCOC(=O)c1ccc(NC(=O)[C@H]2CC(=O)N(Cc3ccc(Cl)cc3)C(=Nc3ccc(Cl)cc3)S2)cc1. The van der Waals surface area contributed by atoms with Crippen molar-refractivity contribution in [3.05, 3.63) is 94.0 Å². The first-order valence-electron chi connectivity index (χ1n) is 11.5. The van der Waals surface area contributed by atoms with Gasteiger partial charge in [0.05, 0.1) is 24.4 Å². The van der Waals surface area contributed by atoms with Crippen molar-refractivity contribution in [1.29, 1.82) is 0 Å². The summed E-state index contributed by atoms with van der Waals surface area (Å²) >= 11 is 13.2. The molecule has 0 saturated carbocycles.